The Kier molecular flexibility index (Phi) is 9.01. The van der Waals surface area contributed by atoms with E-state index in [0.29, 0.717) is 23.7 Å². The third kappa shape index (κ3) is 6.89. The van der Waals surface area contributed by atoms with Gasteiger partial charge in [0, 0.05) is 24.5 Å². The zero-order valence-electron chi connectivity index (χ0n) is 17.5. The van der Waals surface area contributed by atoms with Crippen molar-refractivity contribution < 1.29 is 13.2 Å². The molecule has 2 aromatic carbocycles. The number of hydrogen-bond acceptors (Lipinski definition) is 3. The van der Waals surface area contributed by atoms with Crippen LogP contribution >= 0.6 is 23.2 Å². The lowest BCUT2D eigenvalue weighted by atomic mass is 10.0. The predicted octanol–water partition coefficient (Wildman–Crippen LogP) is 4.98. The van der Waals surface area contributed by atoms with E-state index in [-0.39, 0.29) is 23.9 Å². The molecule has 164 valence electrons. The Morgan fingerprint density at radius 2 is 1.77 bits per heavy atom. The molecule has 30 heavy (non-hydrogen) atoms. The quantitative estimate of drug-likeness (QED) is 0.532. The third-order valence-electron chi connectivity index (χ3n) is 4.88. The molecule has 0 bridgehead atoms. The summed E-state index contributed by atoms with van der Waals surface area (Å²) in [4.78, 5) is 12.3. The molecule has 5 nitrogen and oxygen atoms in total. The van der Waals surface area contributed by atoms with Crippen molar-refractivity contribution >= 4 is 44.8 Å². The zero-order valence-corrected chi connectivity index (χ0v) is 19.9. The van der Waals surface area contributed by atoms with Crippen molar-refractivity contribution in [1.29, 1.82) is 0 Å². The maximum atomic E-state index is 12.3. The summed E-state index contributed by atoms with van der Waals surface area (Å²) in [5.41, 5.74) is 3.88. The lowest BCUT2D eigenvalue weighted by molar-refractivity contribution is -0.121. The first kappa shape index (κ1) is 24.5. The average Bonchev–Trinajstić information content (AvgIpc) is 2.70. The molecule has 0 aliphatic carbocycles. The van der Waals surface area contributed by atoms with Crippen LogP contribution in [0.15, 0.2) is 36.4 Å². The van der Waals surface area contributed by atoms with Gasteiger partial charge in [0.2, 0.25) is 15.9 Å². The lowest BCUT2D eigenvalue weighted by Crippen LogP contribution is -2.32. The van der Waals surface area contributed by atoms with E-state index in [1.54, 1.807) is 12.1 Å². The zero-order chi connectivity index (χ0) is 22.3. The van der Waals surface area contributed by atoms with Gasteiger partial charge in [-0.15, -0.1) is 0 Å². The van der Waals surface area contributed by atoms with E-state index in [4.69, 9.17) is 23.2 Å². The SMILES string of the molecule is CCc1ccc(CC)c(CNC(=O)CCCN(c2cc(Cl)ccc2Cl)S(C)(=O)=O)c1. The highest BCUT2D eigenvalue weighted by Gasteiger charge is 2.20. The average molecular weight is 471 g/mol. The number of rotatable bonds is 10. The van der Waals surface area contributed by atoms with Crippen LogP contribution in [0, 0.1) is 0 Å². The van der Waals surface area contributed by atoms with Crippen molar-refractivity contribution in [2.45, 2.75) is 46.1 Å². The number of sulfonamides is 1. The fourth-order valence-corrected chi connectivity index (χ4v) is 4.62. The van der Waals surface area contributed by atoms with Crippen LogP contribution < -0.4 is 9.62 Å². The van der Waals surface area contributed by atoms with Crippen LogP contribution in [0.3, 0.4) is 0 Å². The van der Waals surface area contributed by atoms with Gasteiger partial charge in [-0.05, 0) is 54.2 Å². The van der Waals surface area contributed by atoms with Crippen LogP contribution in [0.2, 0.25) is 10.0 Å². The van der Waals surface area contributed by atoms with E-state index in [0.717, 1.165) is 24.7 Å². The van der Waals surface area contributed by atoms with Crippen molar-refractivity contribution in [3.05, 3.63) is 63.1 Å². The molecule has 0 heterocycles. The van der Waals surface area contributed by atoms with E-state index in [2.05, 4.69) is 37.4 Å². The molecular formula is C22H28Cl2N2O3S. The lowest BCUT2D eigenvalue weighted by Gasteiger charge is -2.23. The van der Waals surface area contributed by atoms with Crippen LogP contribution in [0.5, 0.6) is 0 Å². The number of hydrogen-bond donors (Lipinski definition) is 1. The smallest absolute Gasteiger partial charge is 0.232 e. The second-order valence-electron chi connectivity index (χ2n) is 7.12. The van der Waals surface area contributed by atoms with Crippen molar-refractivity contribution in [2.24, 2.45) is 0 Å². The van der Waals surface area contributed by atoms with Crippen LogP contribution in [-0.2, 0) is 34.2 Å². The molecule has 2 aromatic rings. The number of carbonyl (C=O) groups is 1. The molecule has 0 aliphatic rings. The summed E-state index contributed by atoms with van der Waals surface area (Å²) >= 11 is 12.2. The Labute approximate surface area is 189 Å². The number of halogens is 2. The molecule has 0 spiro atoms. The minimum absolute atomic E-state index is 0.121. The van der Waals surface area contributed by atoms with Crippen molar-refractivity contribution in [3.8, 4) is 0 Å². The molecule has 2 rings (SSSR count). The van der Waals surface area contributed by atoms with Crippen molar-refractivity contribution in [3.63, 3.8) is 0 Å². The number of anilines is 1. The molecule has 0 saturated carbocycles. The molecule has 0 radical (unpaired) electrons. The molecule has 1 amide bonds. The van der Waals surface area contributed by atoms with Crippen LogP contribution in [0.4, 0.5) is 5.69 Å². The first-order valence-electron chi connectivity index (χ1n) is 9.95. The second-order valence-corrected chi connectivity index (χ2v) is 9.87. The van der Waals surface area contributed by atoms with Gasteiger partial charge in [-0.3, -0.25) is 9.10 Å². The maximum Gasteiger partial charge on any atom is 0.232 e. The molecule has 8 heteroatoms. The van der Waals surface area contributed by atoms with Crippen molar-refractivity contribution in [2.75, 3.05) is 17.1 Å². The maximum absolute atomic E-state index is 12.3. The first-order chi connectivity index (χ1) is 14.2. The Balaban J connectivity index is 1.98. The highest BCUT2D eigenvalue weighted by atomic mass is 35.5. The highest BCUT2D eigenvalue weighted by Crippen LogP contribution is 2.30. The monoisotopic (exact) mass is 470 g/mol. The van der Waals surface area contributed by atoms with E-state index in [9.17, 15) is 13.2 Å². The summed E-state index contributed by atoms with van der Waals surface area (Å²) in [6.45, 7) is 4.79. The summed E-state index contributed by atoms with van der Waals surface area (Å²) < 4.78 is 25.7. The minimum atomic E-state index is -3.57. The van der Waals surface area contributed by atoms with Gasteiger partial charge in [-0.25, -0.2) is 8.42 Å². The summed E-state index contributed by atoms with van der Waals surface area (Å²) in [6.07, 6.45) is 3.52. The molecule has 1 N–H and O–H groups in total. The second kappa shape index (κ2) is 11.0. The van der Waals surface area contributed by atoms with Crippen LogP contribution in [-0.4, -0.2) is 27.1 Å². The molecular weight excluding hydrogens is 443 g/mol. The van der Waals surface area contributed by atoms with E-state index in [1.165, 1.54) is 21.5 Å². The fraction of sp³-hybridized carbons (Fsp3) is 0.409. The standard InChI is InChI=1S/C22H28Cl2N2O3S/c1-4-16-8-9-17(5-2)18(13-16)15-25-22(27)7-6-12-26(30(3,28)29)21-14-19(23)10-11-20(21)24/h8-11,13-14H,4-7,12,15H2,1-3H3,(H,25,27). The number of nitrogens with zero attached hydrogens (tertiary/aromatic N) is 1. The summed E-state index contributed by atoms with van der Waals surface area (Å²) in [5.74, 6) is -0.121. The molecule has 0 saturated heterocycles. The summed E-state index contributed by atoms with van der Waals surface area (Å²) in [6, 6.07) is 11.0. The fourth-order valence-electron chi connectivity index (χ4n) is 3.22. The highest BCUT2D eigenvalue weighted by molar-refractivity contribution is 7.92. The third-order valence-corrected chi connectivity index (χ3v) is 6.61. The van der Waals surface area contributed by atoms with E-state index >= 15 is 0 Å². The summed E-state index contributed by atoms with van der Waals surface area (Å²) in [7, 11) is -3.57. The Morgan fingerprint density at radius 1 is 1.03 bits per heavy atom. The van der Waals surface area contributed by atoms with Gasteiger partial charge < -0.3 is 5.32 Å². The van der Waals surface area contributed by atoms with Gasteiger partial charge in [0.15, 0.2) is 0 Å². The first-order valence-corrected chi connectivity index (χ1v) is 12.6. The van der Waals surface area contributed by atoms with E-state index in [1.807, 2.05) is 0 Å². The van der Waals surface area contributed by atoms with E-state index < -0.39 is 10.0 Å². The topological polar surface area (TPSA) is 66.5 Å². The normalized spacial score (nSPS) is 11.4. The Bertz CT molecular complexity index is 994. The Hall–Kier alpha value is -1.76. The minimum Gasteiger partial charge on any atom is -0.352 e. The summed E-state index contributed by atoms with van der Waals surface area (Å²) in [5, 5.41) is 3.62. The van der Waals surface area contributed by atoms with Crippen LogP contribution in [0.1, 0.15) is 43.4 Å². The molecule has 0 atom stereocenters. The number of amides is 1. The van der Waals surface area contributed by atoms with Gasteiger partial charge in [0.05, 0.1) is 17.0 Å². The van der Waals surface area contributed by atoms with Gasteiger partial charge in [-0.1, -0.05) is 55.2 Å². The van der Waals surface area contributed by atoms with Crippen LogP contribution in [0.25, 0.3) is 0 Å². The number of carbonyl (C=O) groups excluding carboxylic acids is 1. The number of aryl methyl sites for hydroxylation is 2. The molecule has 0 aliphatic heterocycles. The van der Waals surface area contributed by atoms with Gasteiger partial charge in [-0.2, -0.15) is 0 Å². The number of nitrogens with one attached hydrogen (secondary N) is 1. The molecule has 0 unspecified atom stereocenters. The predicted molar refractivity (Wildman–Crippen MR) is 125 cm³/mol. The largest absolute Gasteiger partial charge is 0.352 e. The molecule has 0 aromatic heterocycles. The number of benzene rings is 2. The Morgan fingerprint density at radius 3 is 2.40 bits per heavy atom. The van der Waals surface area contributed by atoms with Gasteiger partial charge in [0.25, 0.3) is 0 Å². The van der Waals surface area contributed by atoms with Crippen molar-refractivity contribution in [1.82, 2.24) is 5.32 Å². The van der Waals surface area contributed by atoms with Gasteiger partial charge >= 0.3 is 0 Å². The molecule has 0 fully saturated rings. The van der Waals surface area contributed by atoms with Gasteiger partial charge in [0.1, 0.15) is 0 Å².